The minimum atomic E-state index is -0.123. The third kappa shape index (κ3) is 3.49. The van der Waals surface area contributed by atoms with Crippen LogP contribution in [0.1, 0.15) is 23.6 Å². The van der Waals surface area contributed by atoms with E-state index in [9.17, 15) is 4.79 Å². The van der Waals surface area contributed by atoms with E-state index in [0.29, 0.717) is 11.6 Å². The maximum atomic E-state index is 12.1. The maximum absolute atomic E-state index is 12.1. The van der Waals surface area contributed by atoms with E-state index < -0.39 is 0 Å². The first-order valence-electron chi connectivity index (χ1n) is 7.18. The Labute approximate surface area is 134 Å². The summed E-state index contributed by atoms with van der Waals surface area (Å²) in [5, 5.41) is 3.67. The highest BCUT2D eigenvalue weighted by Crippen LogP contribution is 2.31. The highest BCUT2D eigenvalue weighted by molar-refractivity contribution is 6.30. The summed E-state index contributed by atoms with van der Waals surface area (Å²) in [7, 11) is 0. The average Bonchev–Trinajstić information content (AvgIpc) is 2.53. The fourth-order valence-corrected chi connectivity index (χ4v) is 2.69. The molecular weight excluding hydrogens is 298 g/mol. The quantitative estimate of drug-likeness (QED) is 0.870. The number of halogens is 1. The van der Waals surface area contributed by atoms with Crippen molar-refractivity contribution in [3.63, 3.8) is 0 Å². The number of ether oxygens (including phenoxy) is 1. The van der Waals surface area contributed by atoms with Crippen LogP contribution in [0.5, 0.6) is 5.75 Å². The van der Waals surface area contributed by atoms with Gasteiger partial charge in [-0.15, -0.1) is 0 Å². The molecule has 2 aromatic rings. The molecule has 1 aliphatic rings. The van der Waals surface area contributed by atoms with Crippen molar-refractivity contribution in [2.75, 3.05) is 6.61 Å². The second kappa shape index (κ2) is 6.67. The van der Waals surface area contributed by atoms with Gasteiger partial charge in [0.15, 0.2) is 0 Å². The van der Waals surface area contributed by atoms with Crippen LogP contribution in [0.25, 0.3) is 6.08 Å². The summed E-state index contributed by atoms with van der Waals surface area (Å²) in [5.74, 6) is 0.722. The summed E-state index contributed by atoms with van der Waals surface area (Å²) in [4.78, 5) is 12.1. The highest BCUT2D eigenvalue weighted by atomic mass is 35.5. The summed E-state index contributed by atoms with van der Waals surface area (Å²) in [6.07, 6.45) is 4.06. The van der Waals surface area contributed by atoms with Crippen LogP contribution in [0.15, 0.2) is 54.6 Å². The molecule has 22 heavy (non-hydrogen) atoms. The Morgan fingerprint density at radius 1 is 1.23 bits per heavy atom. The topological polar surface area (TPSA) is 38.3 Å². The fraction of sp³-hybridized carbons (Fsp3) is 0.167. The first-order chi connectivity index (χ1) is 10.7. The Balaban J connectivity index is 1.68. The normalized spacial score (nSPS) is 16.9. The zero-order valence-corrected chi connectivity index (χ0v) is 12.7. The van der Waals surface area contributed by atoms with Crippen molar-refractivity contribution in [2.45, 2.75) is 12.5 Å². The van der Waals surface area contributed by atoms with Gasteiger partial charge in [0.05, 0.1) is 12.6 Å². The van der Waals surface area contributed by atoms with Gasteiger partial charge in [0.1, 0.15) is 5.75 Å². The summed E-state index contributed by atoms with van der Waals surface area (Å²) in [6, 6.07) is 15.2. The van der Waals surface area contributed by atoms with Crippen LogP contribution in [0.4, 0.5) is 0 Å². The lowest BCUT2D eigenvalue weighted by Gasteiger charge is -2.26. The van der Waals surface area contributed by atoms with Gasteiger partial charge in [-0.2, -0.15) is 0 Å². The predicted octanol–water partition coefficient (Wildman–Crippen LogP) is 3.99. The minimum Gasteiger partial charge on any atom is -0.493 e. The second-order valence-corrected chi connectivity index (χ2v) is 5.56. The molecule has 0 radical (unpaired) electrons. The van der Waals surface area contributed by atoms with Gasteiger partial charge in [0, 0.05) is 23.1 Å². The number of carbonyl (C=O) groups is 1. The standard InChI is InChI=1S/C18H16ClNO2/c19-14-5-3-4-13(12-14)8-9-18(21)20-16-10-11-22-17-7-2-1-6-15(16)17/h1-9,12,16H,10-11H2,(H,20,21)/b9-8+. The largest absolute Gasteiger partial charge is 0.493 e. The van der Waals surface area contributed by atoms with Crippen molar-refractivity contribution >= 4 is 23.6 Å². The van der Waals surface area contributed by atoms with E-state index in [1.54, 1.807) is 12.1 Å². The Kier molecular flexibility index (Phi) is 4.45. The molecule has 1 aliphatic heterocycles. The van der Waals surface area contributed by atoms with E-state index in [2.05, 4.69) is 5.32 Å². The first-order valence-corrected chi connectivity index (χ1v) is 7.56. The molecule has 4 heteroatoms. The second-order valence-electron chi connectivity index (χ2n) is 5.12. The molecule has 0 saturated carbocycles. The number of rotatable bonds is 3. The summed E-state index contributed by atoms with van der Waals surface area (Å²) in [5.41, 5.74) is 1.92. The molecule has 3 nitrogen and oxygen atoms in total. The first kappa shape index (κ1) is 14.7. The van der Waals surface area contributed by atoms with Crippen LogP contribution in [-0.2, 0) is 4.79 Å². The molecule has 1 unspecified atom stereocenters. The van der Waals surface area contributed by atoms with Crippen LogP contribution in [0.2, 0.25) is 5.02 Å². The SMILES string of the molecule is O=C(/C=C/c1cccc(Cl)c1)NC1CCOc2ccccc21. The molecule has 0 saturated heterocycles. The Morgan fingerprint density at radius 3 is 2.95 bits per heavy atom. The molecule has 1 N–H and O–H groups in total. The van der Waals surface area contributed by atoms with E-state index in [0.717, 1.165) is 23.3 Å². The molecular formula is C18H16ClNO2. The van der Waals surface area contributed by atoms with Crippen molar-refractivity contribution < 1.29 is 9.53 Å². The Bertz CT molecular complexity index is 712. The molecule has 1 atom stereocenters. The molecule has 2 aromatic carbocycles. The number of carbonyl (C=O) groups excluding carboxylic acids is 1. The lowest BCUT2D eigenvalue weighted by atomic mass is 10.0. The van der Waals surface area contributed by atoms with E-state index in [4.69, 9.17) is 16.3 Å². The van der Waals surface area contributed by atoms with Crippen LogP contribution >= 0.6 is 11.6 Å². The number of hydrogen-bond acceptors (Lipinski definition) is 2. The lowest BCUT2D eigenvalue weighted by molar-refractivity contribution is -0.117. The lowest BCUT2D eigenvalue weighted by Crippen LogP contribution is -2.30. The monoisotopic (exact) mass is 313 g/mol. The average molecular weight is 314 g/mol. The van der Waals surface area contributed by atoms with Gasteiger partial charge in [-0.05, 0) is 29.8 Å². The van der Waals surface area contributed by atoms with Crippen molar-refractivity contribution in [1.29, 1.82) is 0 Å². The van der Waals surface area contributed by atoms with Crippen LogP contribution in [0.3, 0.4) is 0 Å². The molecule has 0 bridgehead atoms. The molecule has 0 aromatic heterocycles. The van der Waals surface area contributed by atoms with Crippen molar-refractivity contribution in [2.24, 2.45) is 0 Å². The summed E-state index contributed by atoms with van der Waals surface area (Å²) >= 11 is 5.92. The van der Waals surface area contributed by atoms with E-state index in [1.165, 1.54) is 6.08 Å². The third-order valence-electron chi connectivity index (χ3n) is 3.55. The number of para-hydroxylation sites is 1. The van der Waals surface area contributed by atoms with Gasteiger partial charge in [-0.1, -0.05) is 41.9 Å². The highest BCUT2D eigenvalue weighted by Gasteiger charge is 2.21. The van der Waals surface area contributed by atoms with Crippen molar-refractivity contribution in [1.82, 2.24) is 5.32 Å². The van der Waals surface area contributed by atoms with Crippen molar-refractivity contribution in [3.8, 4) is 5.75 Å². The number of nitrogens with one attached hydrogen (secondary N) is 1. The third-order valence-corrected chi connectivity index (χ3v) is 3.79. The summed E-state index contributed by atoms with van der Waals surface area (Å²) in [6.45, 7) is 0.611. The summed E-state index contributed by atoms with van der Waals surface area (Å²) < 4.78 is 5.59. The molecule has 0 aliphatic carbocycles. The van der Waals surface area contributed by atoms with E-state index in [-0.39, 0.29) is 11.9 Å². The van der Waals surface area contributed by atoms with Gasteiger partial charge in [-0.25, -0.2) is 0 Å². The molecule has 112 valence electrons. The number of amides is 1. The van der Waals surface area contributed by atoms with Crippen LogP contribution < -0.4 is 10.1 Å². The van der Waals surface area contributed by atoms with Crippen molar-refractivity contribution in [3.05, 3.63) is 70.8 Å². The van der Waals surface area contributed by atoms with Gasteiger partial charge in [-0.3, -0.25) is 4.79 Å². The molecule has 0 fully saturated rings. The molecule has 0 spiro atoms. The zero-order chi connectivity index (χ0) is 15.4. The molecule has 1 heterocycles. The minimum absolute atomic E-state index is 0.0125. The predicted molar refractivity (Wildman–Crippen MR) is 87.9 cm³/mol. The van der Waals surface area contributed by atoms with E-state index in [1.807, 2.05) is 42.5 Å². The molecule has 1 amide bonds. The maximum Gasteiger partial charge on any atom is 0.244 e. The number of benzene rings is 2. The zero-order valence-electron chi connectivity index (χ0n) is 12.0. The number of hydrogen-bond donors (Lipinski definition) is 1. The van der Waals surface area contributed by atoms with Crippen LogP contribution in [0, 0.1) is 0 Å². The van der Waals surface area contributed by atoms with Gasteiger partial charge in [0.2, 0.25) is 5.91 Å². The smallest absolute Gasteiger partial charge is 0.244 e. The molecule has 3 rings (SSSR count). The fourth-order valence-electron chi connectivity index (χ4n) is 2.49. The van der Waals surface area contributed by atoms with Gasteiger partial charge < -0.3 is 10.1 Å². The number of fused-ring (bicyclic) bond motifs is 1. The van der Waals surface area contributed by atoms with Gasteiger partial charge in [0.25, 0.3) is 0 Å². The van der Waals surface area contributed by atoms with E-state index >= 15 is 0 Å². The van der Waals surface area contributed by atoms with Crippen LogP contribution in [-0.4, -0.2) is 12.5 Å². The Hall–Kier alpha value is -2.26. The van der Waals surface area contributed by atoms with Gasteiger partial charge >= 0.3 is 0 Å². The Morgan fingerprint density at radius 2 is 2.09 bits per heavy atom.